The van der Waals surface area contributed by atoms with Crippen molar-refractivity contribution >= 4 is 29.1 Å². The standard InChI is InChI=1S/C25H29N7O4S/c1-15(2)21-29-23(36-31-21)17-7-9-32(10-8-17)22-20(25-33-11-12-34-25)24(28-14-27-22)35-18-5-3-16(4-6-18)19(13-37)30-26/h3-6,13-15,17,25H,7-12,26H2,1-2H3. The quantitative estimate of drug-likeness (QED) is 0.200. The number of aromatic nitrogens is 4. The summed E-state index contributed by atoms with van der Waals surface area (Å²) in [4.78, 5) is 15.8. The molecule has 0 aliphatic carbocycles. The Balaban J connectivity index is 1.37. The summed E-state index contributed by atoms with van der Waals surface area (Å²) in [5.74, 6) is 9.01. The Hall–Kier alpha value is -3.48. The number of hydrogen-bond donors (Lipinski definition) is 1. The Morgan fingerprint density at radius 1 is 1.16 bits per heavy atom. The average Bonchev–Trinajstić information content (AvgIpc) is 3.64. The third-order valence-electron chi connectivity index (χ3n) is 6.42. The first-order valence-corrected chi connectivity index (χ1v) is 12.7. The largest absolute Gasteiger partial charge is 0.438 e. The molecule has 2 aromatic heterocycles. The number of nitrogens with zero attached hydrogens (tertiary/aromatic N) is 6. The van der Waals surface area contributed by atoms with Gasteiger partial charge in [0.1, 0.15) is 29.2 Å². The smallest absolute Gasteiger partial charge is 0.232 e. The van der Waals surface area contributed by atoms with Gasteiger partial charge in [0.25, 0.3) is 0 Å². The van der Waals surface area contributed by atoms with E-state index in [1.807, 2.05) is 24.3 Å². The van der Waals surface area contributed by atoms with Gasteiger partial charge in [0.05, 0.1) is 13.2 Å². The summed E-state index contributed by atoms with van der Waals surface area (Å²) < 4.78 is 23.5. The Bertz CT molecular complexity index is 1250. The fourth-order valence-electron chi connectivity index (χ4n) is 4.40. The van der Waals surface area contributed by atoms with Gasteiger partial charge in [-0.25, -0.2) is 9.97 Å². The van der Waals surface area contributed by atoms with Crippen molar-refractivity contribution in [1.82, 2.24) is 20.1 Å². The van der Waals surface area contributed by atoms with Crippen molar-refractivity contribution in [3.05, 3.63) is 53.4 Å². The van der Waals surface area contributed by atoms with E-state index in [2.05, 4.69) is 44.0 Å². The average molecular weight is 524 g/mol. The summed E-state index contributed by atoms with van der Waals surface area (Å²) in [7, 11) is 0. The molecule has 37 heavy (non-hydrogen) atoms. The van der Waals surface area contributed by atoms with Crippen molar-refractivity contribution in [3.63, 3.8) is 0 Å². The van der Waals surface area contributed by atoms with Crippen molar-refractivity contribution in [1.29, 1.82) is 0 Å². The second kappa shape index (κ2) is 11.3. The number of piperidine rings is 1. The minimum Gasteiger partial charge on any atom is -0.438 e. The van der Waals surface area contributed by atoms with E-state index in [4.69, 9.17) is 36.8 Å². The van der Waals surface area contributed by atoms with Crippen molar-refractivity contribution in [2.75, 3.05) is 31.2 Å². The Kier molecular flexibility index (Phi) is 7.68. The lowest BCUT2D eigenvalue weighted by Crippen LogP contribution is -2.34. The van der Waals surface area contributed by atoms with Gasteiger partial charge in [0, 0.05) is 35.9 Å². The number of benzene rings is 1. The number of nitrogens with two attached hydrogens (primary N) is 1. The van der Waals surface area contributed by atoms with Crippen LogP contribution in [0.25, 0.3) is 0 Å². The van der Waals surface area contributed by atoms with Crippen LogP contribution in [0.5, 0.6) is 11.6 Å². The van der Waals surface area contributed by atoms with Crippen molar-refractivity contribution in [3.8, 4) is 11.6 Å². The Morgan fingerprint density at radius 3 is 2.51 bits per heavy atom. The Labute approximate surface area is 220 Å². The molecule has 2 N–H and O–H groups in total. The number of rotatable bonds is 8. The molecule has 0 atom stereocenters. The molecular formula is C25H29N7O4S. The highest BCUT2D eigenvalue weighted by Gasteiger charge is 2.33. The molecule has 0 unspecified atom stereocenters. The monoisotopic (exact) mass is 523 g/mol. The van der Waals surface area contributed by atoms with Gasteiger partial charge in [-0.05, 0) is 37.1 Å². The van der Waals surface area contributed by atoms with E-state index in [0.717, 1.165) is 43.1 Å². The molecule has 5 rings (SSSR count). The first kappa shape index (κ1) is 25.2. The maximum Gasteiger partial charge on any atom is 0.232 e. The fraction of sp³-hybridized carbons (Fsp3) is 0.440. The topological polar surface area (TPSA) is 134 Å². The van der Waals surface area contributed by atoms with E-state index < -0.39 is 6.29 Å². The number of hydrazone groups is 1. The maximum atomic E-state index is 6.19. The molecule has 4 heterocycles. The summed E-state index contributed by atoms with van der Waals surface area (Å²) in [5, 5.41) is 9.25. The van der Waals surface area contributed by atoms with Gasteiger partial charge in [0.2, 0.25) is 11.8 Å². The van der Waals surface area contributed by atoms with E-state index in [9.17, 15) is 0 Å². The van der Waals surface area contributed by atoms with E-state index in [1.54, 1.807) is 0 Å². The minimum absolute atomic E-state index is 0.212. The predicted molar refractivity (Wildman–Crippen MR) is 140 cm³/mol. The van der Waals surface area contributed by atoms with E-state index in [1.165, 1.54) is 11.7 Å². The van der Waals surface area contributed by atoms with Crippen LogP contribution in [-0.2, 0) is 9.47 Å². The second-order valence-corrected chi connectivity index (χ2v) is 9.39. The highest BCUT2D eigenvalue weighted by atomic mass is 32.1. The maximum absolute atomic E-state index is 6.19. The zero-order valence-electron chi connectivity index (χ0n) is 20.7. The van der Waals surface area contributed by atoms with E-state index >= 15 is 0 Å². The zero-order chi connectivity index (χ0) is 25.8. The molecule has 194 valence electrons. The third-order valence-corrected chi connectivity index (χ3v) is 6.64. The molecule has 11 nitrogen and oxygen atoms in total. The fourth-order valence-corrected chi connectivity index (χ4v) is 4.60. The molecule has 2 fully saturated rings. The van der Waals surface area contributed by atoms with E-state index in [-0.39, 0.29) is 11.8 Å². The highest BCUT2D eigenvalue weighted by molar-refractivity contribution is 7.80. The van der Waals surface area contributed by atoms with Gasteiger partial charge >= 0.3 is 0 Å². The molecule has 1 aromatic carbocycles. The van der Waals surface area contributed by atoms with Crippen molar-refractivity contribution in [2.24, 2.45) is 10.9 Å². The summed E-state index contributed by atoms with van der Waals surface area (Å²) in [6.07, 6.45) is 2.61. The third kappa shape index (κ3) is 5.45. The number of ether oxygens (including phenoxy) is 3. The van der Waals surface area contributed by atoms with Crippen LogP contribution in [0.4, 0.5) is 5.82 Å². The van der Waals surface area contributed by atoms with Crippen LogP contribution in [-0.4, -0.2) is 57.5 Å². The van der Waals surface area contributed by atoms with Gasteiger partial charge < -0.3 is 29.5 Å². The van der Waals surface area contributed by atoms with Gasteiger partial charge in [-0.15, -0.1) is 0 Å². The number of anilines is 1. The summed E-state index contributed by atoms with van der Waals surface area (Å²) in [6.45, 7) is 6.61. The molecule has 2 aliphatic rings. The molecule has 0 amide bonds. The molecule has 3 aromatic rings. The minimum atomic E-state index is -0.612. The summed E-state index contributed by atoms with van der Waals surface area (Å²) >= 11 is 4.97. The van der Waals surface area contributed by atoms with Gasteiger partial charge in [0.15, 0.2) is 12.1 Å². The number of hydrogen-bond acceptors (Lipinski definition) is 12. The number of thiocarbonyl (C=S) groups is 1. The van der Waals surface area contributed by atoms with Gasteiger partial charge in [-0.2, -0.15) is 10.1 Å². The lowest BCUT2D eigenvalue weighted by molar-refractivity contribution is -0.0454. The van der Waals surface area contributed by atoms with Gasteiger partial charge in [-0.3, -0.25) is 0 Å². The van der Waals surface area contributed by atoms with Crippen LogP contribution in [0.3, 0.4) is 0 Å². The first-order chi connectivity index (χ1) is 18.1. The molecule has 2 saturated heterocycles. The van der Waals surface area contributed by atoms with Crippen LogP contribution < -0.4 is 15.5 Å². The summed E-state index contributed by atoms with van der Waals surface area (Å²) in [5.41, 5.74) is 1.98. The predicted octanol–water partition coefficient (Wildman–Crippen LogP) is 3.87. The molecule has 0 saturated carbocycles. The normalized spacial score (nSPS) is 17.5. The Morgan fingerprint density at radius 2 is 1.89 bits per heavy atom. The molecule has 2 aliphatic heterocycles. The zero-order valence-corrected chi connectivity index (χ0v) is 21.6. The first-order valence-electron chi connectivity index (χ1n) is 12.2. The van der Waals surface area contributed by atoms with Crippen molar-refractivity contribution in [2.45, 2.75) is 44.8 Å². The van der Waals surface area contributed by atoms with E-state index in [0.29, 0.717) is 42.0 Å². The molecule has 0 radical (unpaired) electrons. The molecule has 12 heteroatoms. The van der Waals surface area contributed by atoms with Crippen LogP contribution in [0.1, 0.15) is 67.7 Å². The molecule has 0 spiro atoms. The highest BCUT2D eigenvalue weighted by Crippen LogP contribution is 2.40. The molecular weight excluding hydrogens is 494 g/mol. The van der Waals surface area contributed by atoms with Crippen molar-refractivity contribution < 1.29 is 18.7 Å². The van der Waals surface area contributed by atoms with Crippen LogP contribution >= 0.6 is 12.2 Å². The summed E-state index contributed by atoms with van der Waals surface area (Å²) in [6, 6.07) is 7.29. The SMILES string of the molecule is CC(C)c1noc(C2CCN(c3ncnc(Oc4ccc(C(C=S)=NN)cc4)c3C3OCCO3)CC2)n1. The lowest BCUT2D eigenvalue weighted by Gasteiger charge is -2.33. The second-order valence-electron chi connectivity index (χ2n) is 9.16. The lowest BCUT2D eigenvalue weighted by atomic mass is 9.96. The van der Waals surface area contributed by atoms with Crippen LogP contribution in [0.2, 0.25) is 0 Å². The van der Waals surface area contributed by atoms with Gasteiger partial charge in [-0.1, -0.05) is 31.2 Å². The van der Waals surface area contributed by atoms with Crippen LogP contribution in [0.15, 0.2) is 40.2 Å². The van der Waals surface area contributed by atoms with Crippen LogP contribution in [0, 0.1) is 0 Å². The molecule has 0 bridgehead atoms.